The van der Waals surface area contributed by atoms with Gasteiger partial charge in [-0.05, 0) is 141 Å². The Hall–Kier alpha value is -7.52. The molecule has 1 aromatic rings. The molecule has 0 saturated heterocycles. The average Bonchev–Trinajstić information content (AvgIpc) is 3.61. The molecule has 462 valence electrons. The monoisotopic (exact) mass is 1200 g/mol. The van der Waals surface area contributed by atoms with Crippen molar-refractivity contribution in [2.45, 2.75) is 146 Å². The van der Waals surface area contributed by atoms with Gasteiger partial charge in [-0.3, -0.25) is 28.8 Å². The van der Waals surface area contributed by atoms with E-state index in [0.717, 1.165) is 30.0 Å². The lowest BCUT2D eigenvalue weighted by molar-refractivity contribution is -0.161. The molecule has 0 unspecified atom stereocenters. The Kier molecular flexibility index (Phi) is 27.5. The Bertz CT molecular complexity index is 2510. The molecule has 0 aromatic heterocycles. The summed E-state index contributed by atoms with van der Waals surface area (Å²) in [5.41, 5.74) is -0.265. The van der Waals surface area contributed by atoms with Crippen LogP contribution in [-0.4, -0.2) is 125 Å². The first-order chi connectivity index (χ1) is 41.1. The van der Waals surface area contributed by atoms with E-state index in [4.69, 9.17) is 52.1 Å². The number of nitrogens with one attached hydrogen (secondary N) is 1. The molecule has 1 N–H and O–H groups in total. The van der Waals surface area contributed by atoms with Gasteiger partial charge in [0.2, 0.25) is 0 Å². The number of hydrogen-bond acceptors (Lipinski definition) is 24. The maximum atomic E-state index is 13.8. The Balaban J connectivity index is 0.986. The maximum Gasteiger partial charge on any atom is 0.351 e. The topological polar surface area (TPSA) is 308 Å². The van der Waals surface area contributed by atoms with E-state index in [1.807, 2.05) is 6.07 Å². The van der Waals surface area contributed by atoms with Crippen LogP contribution < -0.4 is 14.8 Å². The molecule has 85 heavy (non-hydrogen) atoms. The molecule has 4 fully saturated rings. The zero-order valence-electron chi connectivity index (χ0n) is 47.9. The van der Waals surface area contributed by atoms with Gasteiger partial charge in [-0.25, -0.2) is 19.2 Å². The molecule has 24 heteroatoms. The molecule has 6 rings (SSSR count). The molecule has 1 aromatic carbocycles. The predicted octanol–water partition coefficient (Wildman–Crippen LogP) is 7.96. The van der Waals surface area contributed by atoms with Crippen LogP contribution >= 0.6 is 11.8 Å². The SMILES string of the molecule is C=CC(=O)OCCCCOC(=O)C1CCC(C(=O)OC2CCC(C(=O)Oc3ccc(OC(=O)C4CCC(OC(=O)C5CCC(C(=O)OCCCCOC(=O)C=C)CC5)CC4)c4c3N/C(=C(/C#N)C(=O)OCCOCCOC(=O)C=C)S4)CC2)CC1. The second-order valence-corrected chi connectivity index (χ2v) is 22.2. The maximum absolute atomic E-state index is 13.8. The number of carbonyl (C=O) groups excluding carboxylic acids is 10. The molecule has 4 saturated carbocycles. The summed E-state index contributed by atoms with van der Waals surface area (Å²) in [4.78, 5) is 127. The first kappa shape index (κ1) is 66.6. The Morgan fingerprint density at radius 2 is 0.812 bits per heavy atom. The minimum atomic E-state index is -0.996. The summed E-state index contributed by atoms with van der Waals surface area (Å²) in [6, 6.07) is 4.77. The number of carbonyl (C=O) groups is 10. The summed E-state index contributed by atoms with van der Waals surface area (Å²) in [6.07, 6.45) is 11.4. The zero-order valence-corrected chi connectivity index (χ0v) is 48.7. The van der Waals surface area contributed by atoms with Crippen LogP contribution in [-0.2, 0) is 90.6 Å². The number of thioether (sulfide) groups is 1. The highest BCUT2D eigenvalue weighted by Gasteiger charge is 2.39. The van der Waals surface area contributed by atoms with Gasteiger partial charge in [0.1, 0.15) is 48.0 Å². The third-order valence-corrected chi connectivity index (χ3v) is 16.5. The van der Waals surface area contributed by atoms with Crippen molar-refractivity contribution in [3.8, 4) is 17.6 Å². The van der Waals surface area contributed by atoms with E-state index in [9.17, 15) is 53.2 Å². The van der Waals surface area contributed by atoms with Crippen LogP contribution in [0.2, 0.25) is 0 Å². The van der Waals surface area contributed by atoms with Gasteiger partial charge >= 0.3 is 59.7 Å². The quantitative estimate of drug-likeness (QED) is 0.0191. The minimum Gasteiger partial charge on any atom is -0.465 e. The molecule has 5 aliphatic rings. The van der Waals surface area contributed by atoms with Gasteiger partial charge in [-0.1, -0.05) is 31.5 Å². The van der Waals surface area contributed by atoms with Gasteiger partial charge in [0.05, 0.1) is 80.0 Å². The van der Waals surface area contributed by atoms with E-state index in [1.54, 1.807) is 0 Å². The van der Waals surface area contributed by atoms with Crippen molar-refractivity contribution in [2.75, 3.05) is 58.2 Å². The standard InChI is InChI=1S/C61H76N2O21S/c1-4-49(64)75-29-7-9-31-78-55(67)38-11-15-40(16-12-38)57(69)81-44-23-19-42(20-24-44)59(71)83-47-27-28-48(53-52(47)63-54(85-53)46(37-62)61(73)80-36-34-74-33-35-77-51(66)6-3)84-60(72)43-21-25-45(26-22-43)82-58(70)41-17-13-39(14-18-41)56(68)79-32-10-8-30-76-50(65)5-2/h4-6,27-28,38-45,63H,1-3,7-26,29-36H2/b54-46+. The summed E-state index contributed by atoms with van der Waals surface area (Å²) < 4.78 is 60.0. The minimum absolute atomic E-state index is 0.0156. The fourth-order valence-corrected chi connectivity index (χ4v) is 11.5. The van der Waals surface area contributed by atoms with E-state index in [-0.39, 0.29) is 128 Å². The fourth-order valence-electron chi connectivity index (χ4n) is 10.4. The first-order valence-electron chi connectivity index (χ1n) is 29.2. The Morgan fingerprint density at radius 3 is 1.24 bits per heavy atom. The van der Waals surface area contributed by atoms with Crippen molar-refractivity contribution in [1.82, 2.24) is 0 Å². The lowest BCUT2D eigenvalue weighted by atomic mass is 9.82. The molecule has 0 bridgehead atoms. The van der Waals surface area contributed by atoms with Gasteiger partial charge in [0, 0.05) is 18.2 Å². The van der Waals surface area contributed by atoms with Crippen LogP contribution in [0.5, 0.6) is 11.5 Å². The number of rotatable bonds is 30. The second-order valence-electron chi connectivity index (χ2n) is 21.2. The third-order valence-electron chi connectivity index (χ3n) is 15.3. The number of fused-ring (bicyclic) bond motifs is 1. The molecule has 0 amide bonds. The molecule has 0 radical (unpaired) electrons. The normalized spacial score (nSPS) is 23.0. The smallest absolute Gasteiger partial charge is 0.351 e. The summed E-state index contributed by atoms with van der Waals surface area (Å²) in [7, 11) is 0. The van der Waals surface area contributed by atoms with Gasteiger partial charge in [-0.2, -0.15) is 5.26 Å². The van der Waals surface area contributed by atoms with Crippen LogP contribution in [0, 0.1) is 46.8 Å². The summed E-state index contributed by atoms with van der Waals surface area (Å²) in [6.45, 7) is 10.5. The molecular weight excluding hydrogens is 1130 g/mol. The van der Waals surface area contributed by atoms with Gasteiger partial charge in [0.25, 0.3) is 0 Å². The third kappa shape index (κ3) is 21.2. The van der Waals surface area contributed by atoms with E-state index >= 15 is 0 Å². The van der Waals surface area contributed by atoms with Crippen molar-refractivity contribution in [3.05, 3.63) is 60.7 Å². The number of nitriles is 1. The lowest BCUT2D eigenvalue weighted by Gasteiger charge is -2.30. The van der Waals surface area contributed by atoms with E-state index in [2.05, 4.69) is 25.1 Å². The van der Waals surface area contributed by atoms with E-state index in [1.165, 1.54) is 12.1 Å². The number of unbranched alkanes of at least 4 members (excludes halogenated alkanes) is 2. The van der Waals surface area contributed by atoms with Crippen LogP contribution in [0.15, 0.2) is 65.6 Å². The number of esters is 10. The summed E-state index contributed by atoms with van der Waals surface area (Å²) >= 11 is 0.903. The van der Waals surface area contributed by atoms with Crippen LogP contribution in [0.25, 0.3) is 0 Å². The predicted molar refractivity (Wildman–Crippen MR) is 300 cm³/mol. The van der Waals surface area contributed by atoms with E-state index < -0.39 is 65.4 Å². The van der Waals surface area contributed by atoms with Crippen LogP contribution in [0.1, 0.15) is 128 Å². The average molecular weight is 1210 g/mol. The fraction of sp³-hybridized carbons (Fsp3) is 0.590. The number of ether oxygens (including phenoxy) is 11. The van der Waals surface area contributed by atoms with Gasteiger partial charge in [0.15, 0.2) is 11.3 Å². The summed E-state index contributed by atoms with van der Waals surface area (Å²) in [5.74, 6) is -7.47. The lowest BCUT2D eigenvalue weighted by Crippen LogP contribution is -2.33. The largest absolute Gasteiger partial charge is 0.465 e. The zero-order chi connectivity index (χ0) is 61.1. The molecule has 0 spiro atoms. The van der Waals surface area contributed by atoms with Crippen LogP contribution in [0.4, 0.5) is 5.69 Å². The van der Waals surface area contributed by atoms with Crippen molar-refractivity contribution < 1.29 is 100 Å². The molecule has 23 nitrogen and oxygen atoms in total. The molecular formula is C61H76N2O21S. The number of benzene rings is 1. The highest BCUT2D eigenvalue weighted by Crippen LogP contribution is 2.52. The number of nitrogens with zero attached hydrogens (tertiary/aromatic N) is 1. The molecule has 4 aliphatic carbocycles. The van der Waals surface area contributed by atoms with Gasteiger partial charge in [-0.15, -0.1) is 0 Å². The number of anilines is 1. The molecule has 1 aliphatic heterocycles. The Morgan fingerprint density at radius 1 is 0.459 bits per heavy atom. The van der Waals surface area contributed by atoms with E-state index in [0.29, 0.717) is 128 Å². The second kappa shape index (κ2) is 35.1. The van der Waals surface area contributed by atoms with Crippen LogP contribution in [0.3, 0.4) is 0 Å². The van der Waals surface area contributed by atoms with Gasteiger partial charge < -0.3 is 57.4 Å². The highest BCUT2D eigenvalue weighted by atomic mass is 32.2. The van der Waals surface area contributed by atoms with Crippen molar-refractivity contribution in [2.24, 2.45) is 35.5 Å². The molecule has 0 atom stereocenters. The van der Waals surface area contributed by atoms with Crippen molar-refractivity contribution in [1.29, 1.82) is 5.26 Å². The Labute approximate surface area is 498 Å². The highest BCUT2D eigenvalue weighted by molar-refractivity contribution is 8.04. The number of hydrogen-bond donors (Lipinski definition) is 1. The molecule has 1 heterocycles. The van der Waals surface area contributed by atoms with Crippen molar-refractivity contribution in [3.63, 3.8) is 0 Å². The summed E-state index contributed by atoms with van der Waals surface area (Å²) in [5, 5.41) is 13.2. The van der Waals surface area contributed by atoms with Crippen molar-refractivity contribution >= 4 is 77.1 Å². The first-order valence-corrected chi connectivity index (χ1v) is 30.0.